The van der Waals surface area contributed by atoms with Crippen molar-refractivity contribution < 1.29 is 0 Å². The van der Waals surface area contributed by atoms with Crippen LogP contribution in [0.3, 0.4) is 0 Å². The van der Waals surface area contributed by atoms with Gasteiger partial charge in [0.15, 0.2) is 0 Å². The van der Waals surface area contributed by atoms with Gasteiger partial charge in [-0.1, -0.05) is 28.9 Å². The van der Waals surface area contributed by atoms with E-state index in [0.717, 1.165) is 19.3 Å². The smallest absolute Gasteiger partial charge is 0.0288 e. The summed E-state index contributed by atoms with van der Waals surface area (Å²) in [4.78, 5) is 0. The lowest BCUT2D eigenvalue weighted by Crippen LogP contribution is -1.82. The van der Waals surface area contributed by atoms with Crippen LogP contribution < -0.4 is 0 Å². The van der Waals surface area contributed by atoms with E-state index in [2.05, 4.69) is 40.3 Å². The van der Waals surface area contributed by atoms with E-state index in [4.69, 9.17) is 0 Å². The zero-order valence-electron chi connectivity index (χ0n) is 10.6. The highest BCUT2D eigenvalue weighted by Crippen LogP contribution is 2.12. The summed E-state index contributed by atoms with van der Waals surface area (Å²) in [6.07, 6.45) is 10.2. The van der Waals surface area contributed by atoms with Crippen LogP contribution >= 0.6 is 0 Å². The minimum atomic E-state index is 1.14. The Kier molecular flexibility index (Phi) is 8.08. The fraction of sp³-hybridized carbons (Fsp3) is 0.533. The van der Waals surface area contributed by atoms with E-state index in [1.807, 2.05) is 6.08 Å². The maximum absolute atomic E-state index is 3.91. The van der Waals surface area contributed by atoms with Gasteiger partial charge in [0.25, 0.3) is 0 Å². The molecule has 0 aliphatic heterocycles. The summed E-state index contributed by atoms with van der Waals surface area (Å²) >= 11 is 0. The van der Waals surface area contributed by atoms with Crippen molar-refractivity contribution in [3.63, 3.8) is 0 Å². The van der Waals surface area contributed by atoms with Crippen LogP contribution in [0.1, 0.15) is 52.9 Å². The van der Waals surface area contributed by atoms with Crippen molar-refractivity contribution in [2.75, 3.05) is 0 Å². The number of allylic oxidation sites excluding steroid dienone is 5. The normalized spacial score (nSPS) is 13.1. The Morgan fingerprint density at radius 3 is 2.20 bits per heavy atom. The molecule has 1 radical (unpaired) electrons. The zero-order chi connectivity index (χ0) is 11.7. The lowest BCUT2D eigenvalue weighted by Gasteiger charge is -2.02. The van der Waals surface area contributed by atoms with E-state index in [9.17, 15) is 0 Å². The third-order valence-corrected chi connectivity index (χ3v) is 2.55. The predicted octanol–water partition coefficient (Wildman–Crippen LogP) is 5.24. The van der Waals surface area contributed by atoms with Gasteiger partial charge in [0.05, 0.1) is 0 Å². The summed E-state index contributed by atoms with van der Waals surface area (Å²) in [7, 11) is 0. The van der Waals surface area contributed by atoms with Crippen LogP contribution in [0.5, 0.6) is 0 Å². The van der Waals surface area contributed by atoms with Gasteiger partial charge in [-0.05, 0) is 59.8 Å². The summed E-state index contributed by atoms with van der Waals surface area (Å²) in [5, 5.41) is 0. The van der Waals surface area contributed by atoms with Crippen LogP contribution in [-0.2, 0) is 0 Å². The summed E-state index contributed by atoms with van der Waals surface area (Å²) in [5.74, 6) is 0. The van der Waals surface area contributed by atoms with Crippen LogP contribution in [-0.4, -0.2) is 0 Å². The summed E-state index contributed by atoms with van der Waals surface area (Å²) in [6, 6.07) is 0. The highest BCUT2D eigenvalue weighted by atomic mass is 14.0. The molecule has 0 aliphatic rings. The molecule has 0 aromatic heterocycles. The van der Waals surface area contributed by atoms with Crippen molar-refractivity contribution in [2.24, 2.45) is 0 Å². The number of hydrogen-bond donors (Lipinski definition) is 0. The Labute approximate surface area is 95.8 Å². The van der Waals surface area contributed by atoms with Gasteiger partial charge in [-0.25, -0.2) is 0 Å². The lowest BCUT2D eigenvalue weighted by atomic mass is 10.0. The molecule has 0 rings (SSSR count). The molecule has 0 bridgehead atoms. The van der Waals surface area contributed by atoms with Gasteiger partial charge in [0, 0.05) is 0 Å². The second-order valence-corrected chi connectivity index (χ2v) is 4.45. The molecule has 0 heteroatoms. The van der Waals surface area contributed by atoms with Crippen molar-refractivity contribution in [3.05, 3.63) is 42.4 Å². The van der Waals surface area contributed by atoms with Crippen LogP contribution in [0.2, 0.25) is 0 Å². The molecule has 0 fully saturated rings. The van der Waals surface area contributed by atoms with Gasteiger partial charge >= 0.3 is 0 Å². The first kappa shape index (κ1) is 14.2. The first-order chi connectivity index (χ1) is 7.06. The molecule has 0 aromatic rings. The molecule has 0 aliphatic carbocycles. The van der Waals surface area contributed by atoms with Crippen LogP contribution in [0.4, 0.5) is 0 Å². The fourth-order valence-corrected chi connectivity index (χ4v) is 1.42. The van der Waals surface area contributed by atoms with E-state index < -0.39 is 0 Å². The average molecular weight is 205 g/mol. The molecule has 0 spiro atoms. The Bertz CT molecular complexity index is 241. The van der Waals surface area contributed by atoms with E-state index in [0.29, 0.717) is 0 Å². The first-order valence-corrected chi connectivity index (χ1v) is 5.81. The molecule has 15 heavy (non-hydrogen) atoms. The van der Waals surface area contributed by atoms with Crippen molar-refractivity contribution in [2.45, 2.75) is 52.9 Å². The minimum absolute atomic E-state index is 1.14. The predicted molar refractivity (Wildman–Crippen MR) is 70.8 cm³/mol. The fourth-order valence-electron chi connectivity index (χ4n) is 1.42. The molecule has 85 valence electrons. The average Bonchev–Trinajstić information content (AvgIpc) is 2.17. The Balaban J connectivity index is 3.65. The van der Waals surface area contributed by atoms with Crippen LogP contribution in [0, 0.1) is 6.92 Å². The van der Waals surface area contributed by atoms with Crippen molar-refractivity contribution in [1.82, 2.24) is 0 Å². The monoisotopic (exact) mass is 205 g/mol. The topological polar surface area (TPSA) is 0 Å². The van der Waals surface area contributed by atoms with E-state index >= 15 is 0 Å². The molecule has 0 nitrogen and oxygen atoms in total. The molecule has 0 N–H and O–H groups in total. The molecule has 0 saturated carbocycles. The zero-order valence-corrected chi connectivity index (χ0v) is 10.6. The summed E-state index contributed by atoms with van der Waals surface area (Å²) < 4.78 is 0. The molecule has 0 heterocycles. The SMILES string of the molecule is [CH2]C=C(C)CCC=C(C)CCCC(=C)C. The van der Waals surface area contributed by atoms with E-state index in [1.54, 1.807) is 0 Å². The van der Waals surface area contributed by atoms with Gasteiger partial charge in [0.1, 0.15) is 0 Å². The van der Waals surface area contributed by atoms with E-state index in [-0.39, 0.29) is 0 Å². The van der Waals surface area contributed by atoms with Gasteiger partial charge in [-0.2, -0.15) is 0 Å². The highest BCUT2D eigenvalue weighted by molar-refractivity contribution is 5.04. The van der Waals surface area contributed by atoms with Gasteiger partial charge in [-0.15, -0.1) is 6.58 Å². The third-order valence-electron chi connectivity index (χ3n) is 2.55. The minimum Gasteiger partial charge on any atom is -0.100 e. The summed E-state index contributed by atoms with van der Waals surface area (Å²) in [5.41, 5.74) is 4.17. The van der Waals surface area contributed by atoms with Crippen molar-refractivity contribution >= 4 is 0 Å². The Morgan fingerprint density at radius 2 is 1.67 bits per heavy atom. The van der Waals surface area contributed by atoms with E-state index in [1.165, 1.54) is 29.6 Å². The highest BCUT2D eigenvalue weighted by Gasteiger charge is 1.92. The largest absolute Gasteiger partial charge is 0.100 e. The van der Waals surface area contributed by atoms with Crippen molar-refractivity contribution in [3.8, 4) is 0 Å². The Hall–Kier alpha value is -0.780. The maximum atomic E-state index is 3.91. The molecule has 0 aromatic carbocycles. The van der Waals surface area contributed by atoms with Crippen molar-refractivity contribution in [1.29, 1.82) is 0 Å². The third kappa shape index (κ3) is 9.52. The molecule has 0 atom stereocenters. The van der Waals surface area contributed by atoms with Crippen LogP contribution in [0.25, 0.3) is 0 Å². The lowest BCUT2D eigenvalue weighted by molar-refractivity contribution is 0.798. The summed E-state index contributed by atoms with van der Waals surface area (Å²) in [6.45, 7) is 14.1. The Morgan fingerprint density at radius 1 is 1.00 bits per heavy atom. The van der Waals surface area contributed by atoms with Gasteiger partial charge in [0.2, 0.25) is 0 Å². The quantitative estimate of drug-likeness (QED) is 0.499. The molecule has 0 unspecified atom stereocenters. The molecular weight excluding hydrogens is 180 g/mol. The number of rotatable bonds is 7. The van der Waals surface area contributed by atoms with Gasteiger partial charge in [-0.3, -0.25) is 0 Å². The first-order valence-electron chi connectivity index (χ1n) is 5.81. The molecular formula is C15H25. The maximum Gasteiger partial charge on any atom is -0.0288 e. The second-order valence-electron chi connectivity index (χ2n) is 4.45. The standard InChI is InChI=1S/C15H25/c1-6-14(4)10-8-12-15(5)11-7-9-13(2)3/h6,12H,1-2,7-11H2,3-5H3. The van der Waals surface area contributed by atoms with Crippen LogP contribution in [0.15, 0.2) is 35.5 Å². The molecule has 0 saturated heterocycles. The number of hydrogen-bond acceptors (Lipinski definition) is 0. The second kappa shape index (κ2) is 8.52. The molecule has 0 amide bonds. The van der Waals surface area contributed by atoms with Gasteiger partial charge < -0.3 is 0 Å².